The molecule has 1 amide bonds. The minimum Gasteiger partial charge on any atom is -0.381 e. The first-order valence-electron chi connectivity index (χ1n) is 4.02. The lowest BCUT2D eigenvalue weighted by Gasteiger charge is -2.10. The van der Waals surface area contributed by atoms with E-state index in [1.165, 1.54) is 0 Å². The van der Waals surface area contributed by atoms with Gasteiger partial charge < -0.3 is 10.1 Å². The number of rotatable bonds is 2. The predicted molar refractivity (Wildman–Crippen MR) is 42.3 cm³/mol. The zero-order chi connectivity index (χ0) is 8.27. The summed E-state index contributed by atoms with van der Waals surface area (Å²) in [5, 5.41) is 2.89. The number of ether oxygens (including phenoxy) is 1. The number of carbonyl (C=O) groups is 1. The minimum absolute atomic E-state index is 0.0618. The molecule has 1 N–H and O–H groups in total. The molecule has 0 heterocycles. The van der Waals surface area contributed by atoms with Crippen LogP contribution < -0.4 is 5.32 Å². The highest BCUT2D eigenvalue weighted by Gasteiger charge is 2.24. The molecule has 0 saturated heterocycles. The Morgan fingerprint density at radius 2 is 2.27 bits per heavy atom. The predicted octanol–water partition coefficient (Wildman–Crippen LogP) is 0.690. The Labute approximate surface area is 67.1 Å². The number of methoxy groups -OCH3 is 1. The third-order valence-electron chi connectivity index (χ3n) is 2.13. The van der Waals surface area contributed by atoms with E-state index in [9.17, 15) is 4.79 Å². The highest BCUT2D eigenvalue weighted by molar-refractivity contribution is 5.73. The van der Waals surface area contributed by atoms with Crippen LogP contribution in [0.25, 0.3) is 0 Å². The topological polar surface area (TPSA) is 38.3 Å². The van der Waals surface area contributed by atoms with Gasteiger partial charge >= 0.3 is 0 Å². The fraction of sp³-hybridized carbons (Fsp3) is 0.875. The molecule has 0 aliphatic heterocycles. The average molecular weight is 157 g/mol. The molecule has 11 heavy (non-hydrogen) atoms. The first-order chi connectivity index (χ1) is 5.22. The molecule has 1 fully saturated rings. The zero-order valence-electron chi connectivity index (χ0n) is 7.09. The van der Waals surface area contributed by atoms with Crippen molar-refractivity contribution < 1.29 is 9.53 Å². The van der Waals surface area contributed by atoms with Crippen LogP contribution >= 0.6 is 0 Å². The van der Waals surface area contributed by atoms with Crippen molar-refractivity contribution in [3.63, 3.8) is 0 Å². The molecule has 3 nitrogen and oxygen atoms in total. The van der Waals surface area contributed by atoms with Gasteiger partial charge in [-0.1, -0.05) is 0 Å². The maximum Gasteiger partial charge on any atom is 0.217 e. The lowest BCUT2D eigenvalue weighted by Crippen LogP contribution is -2.31. The van der Waals surface area contributed by atoms with E-state index in [1.807, 2.05) is 0 Å². The van der Waals surface area contributed by atoms with Gasteiger partial charge in [0.05, 0.1) is 6.10 Å². The van der Waals surface area contributed by atoms with Crippen LogP contribution in [-0.4, -0.2) is 25.2 Å². The van der Waals surface area contributed by atoms with E-state index in [0.717, 1.165) is 19.3 Å². The van der Waals surface area contributed by atoms with E-state index in [4.69, 9.17) is 4.74 Å². The molecule has 64 valence electrons. The molecule has 1 saturated carbocycles. The molecule has 0 spiro atoms. The van der Waals surface area contributed by atoms with Crippen molar-refractivity contribution in [2.24, 2.45) is 0 Å². The molecule has 1 rings (SSSR count). The van der Waals surface area contributed by atoms with Gasteiger partial charge in [0.2, 0.25) is 5.91 Å². The summed E-state index contributed by atoms with van der Waals surface area (Å²) >= 11 is 0. The second kappa shape index (κ2) is 3.72. The SMILES string of the molecule is COC1CCC(NC(C)=O)C1. The molecule has 1 aliphatic rings. The van der Waals surface area contributed by atoms with E-state index >= 15 is 0 Å². The van der Waals surface area contributed by atoms with Crippen LogP contribution in [0.1, 0.15) is 26.2 Å². The Bertz CT molecular complexity index is 147. The molecule has 0 aromatic heterocycles. The number of hydrogen-bond donors (Lipinski definition) is 1. The quantitative estimate of drug-likeness (QED) is 0.640. The monoisotopic (exact) mass is 157 g/mol. The van der Waals surface area contributed by atoms with Crippen molar-refractivity contribution in [3.8, 4) is 0 Å². The standard InChI is InChI=1S/C8H15NO2/c1-6(10)9-7-3-4-8(5-7)11-2/h7-8H,3-5H2,1-2H3,(H,9,10). The van der Waals surface area contributed by atoms with Gasteiger partial charge in [0, 0.05) is 20.1 Å². The zero-order valence-corrected chi connectivity index (χ0v) is 7.09. The van der Waals surface area contributed by atoms with Gasteiger partial charge in [-0.2, -0.15) is 0 Å². The van der Waals surface area contributed by atoms with Gasteiger partial charge in [-0.15, -0.1) is 0 Å². The first kappa shape index (κ1) is 8.53. The van der Waals surface area contributed by atoms with E-state index in [2.05, 4.69) is 5.32 Å². The fourth-order valence-corrected chi connectivity index (χ4v) is 1.57. The van der Waals surface area contributed by atoms with Crippen LogP contribution in [0.15, 0.2) is 0 Å². The van der Waals surface area contributed by atoms with Gasteiger partial charge in [-0.3, -0.25) is 4.79 Å². The van der Waals surface area contributed by atoms with Crippen LogP contribution in [0.3, 0.4) is 0 Å². The maximum absolute atomic E-state index is 10.6. The van der Waals surface area contributed by atoms with Gasteiger partial charge in [0.1, 0.15) is 0 Å². The van der Waals surface area contributed by atoms with Crippen molar-refractivity contribution in [1.29, 1.82) is 0 Å². The van der Waals surface area contributed by atoms with Crippen molar-refractivity contribution in [3.05, 3.63) is 0 Å². The Balaban J connectivity index is 2.24. The number of carbonyl (C=O) groups excluding carboxylic acids is 1. The van der Waals surface area contributed by atoms with Crippen LogP contribution in [-0.2, 0) is 9.53 Å². The minimum atomic E-state index is 0.0618. The largest absolute Gasteiger partial charge is 0.381 e. The Kier molecular flexibility index (Phi) is 2.88. The van der Waals surface area contributed by atoms with Crippen molar-refractivity contribution >= 4 is 5.91 Å². The summed E-state index contributed by atoms with van der Waals surface area (Å²) in [5.41, 5.74) is 0. The number of hydrogen-bond acceptors (Lipinski definition) is 2. The molecule has 2 unspecified atom stereocenters. The number of nitrogens with one attached hydrogen (secondary N) is 1. The van der Waals surface area contributed by atoms with E-state index in [0.29, 0.717) is 12.1 Å². The summed E-state index contributed by atoms with van der Waals surface area (Å²) in [6, 6.07) is 0.345. The van der Waals surface area contributed by atoms with E-state index in [1.54, 1.807) is 14.0 Å². The maximum atomic E-state index is 10.6. The van der Waals surface area contributed by atoms with Crippen molar-refractivity contribution in [1.82, 2.24) is 5.32 Å². The third-order valence-corrected chi connectivity index (χ3v) is 2.13. The normalized spacial score (nSPS) is 30.4. The number of amides is 1. The lowest BCUT2D eigenvalue weighted by molar-refractivity contribution is -0.119. The Hall–Kier alpha value is -0.570. The molecule has 0 aromatic carbocycles. The molecular formula is C8H15NO2. The summed E-state index contributed by atoms with van der Waals surface area (Å²) in [4.78, 5) is 10.6. The van der Waals surface area contributed by atoms with Crippen LogP contribution in [0.4, 0.5) is 0 Å². The van der Waals surface area contributed by atoms with Gasteiger partial charge in [0.25, 0.3) is 0 Å². The highest BCUT2D eigenvalue weighted by atomic mass is 16.5. The van der Waals surface area contributed by atoms with E-state index in [-0.39, 0.29) is 5.91 Å². The molecule has 0 radical (unpaired) electrons. The average Bonchev–Trinajstić information content (AvgIpc) is 2.34. The second-order valence-corrected chi connectivity index (χ2v) is 3.07. The summed E-state index contributed by atoms with van der Waals surface area (Å²) in [5.74, 6) is 0.0618. The molecule has 3 heteroatoms. The molecular weight excluding hydrogens is 142 g/mol. The Morgan fingerprint density at radius 1 is 1.55 bits per heavy atom. The van der Waals surface area contributed by atoms with Gasteiger partial charge in [-0.25, -0.2) is 0 Å². The Morgan fingerprint density at radius 3 is 2.73 bits per heavy atom. The van der Waals surface area contributed by atoms with Crippen LogP contribution in [0, 0.1) is 0 Å². The third kappa shape index (κ3) is 2.50. The smallest absolute Gasteiger partial charge is 0.217 e. The molecule has 0 aromatic rings. The molecule has 1 aliphatic carbocycles. The van der Waals surface area contributed by atoms with E-state index < -0.39 is 0 Å². The molecule has 0 bridgehead atoms. The fourth-order valence-electron chi connectivity index (χ4n) is 1.57. The summed E-state index contributed by atoms with van der Waals surface area (Å²) in [7, 11) is 1.72. The van der Waals surface area contributed by atoms with Crippen molar-refractivity contribution in [2.45, 2.75) is 38.3 Å². The highest BCUT2D eigenvalue weighted by Crippen LogP contribution is 2.20. The molecule has 2 atom stereocenters. The van der Waals surface area contributed by atoms with Gasteiger partial charge in [-0.05, 0) is 19.3 Å². The van der Waals surface area contributed by atoms with Crippen LogP contribution in [0.5, 0.6) is 0 Å². The summed E-state index contributed by atoms with van der Waals surface area (Å²) < 4.78 is 5.17. The van der Waals surface area contributed by atoms with Gasteiger partial charge in [0.15, 0.2) is 0 Å². The van der Waals surface area contributed by atoms with Crippen LogP contribution in [0.2, 0.25) is 0 Å². The first-order valence-corrected chi connectivity index (χ1v) is 4.02. The summed E-state index contributed by atoms with van der Waals surface area (Å²) in [6.07, 6.45) is 3.45. The lowest BCUT2D eigenvalue weighted by atomic mass is 10.2. The second-order valence-electron chi connectivity index (χ2n) is 3.07. The van der Waals surface area contributed by atoms with Crippen molar-refractivity contribution in [2.75, 3.05) is 7.11 Å². The summed E-state index contributed by atoms with van der Waals surface area (Å²) in [6.45, 7) is 1.56.